The molecule has 0 amide bonds. The summed E-state index contributed by atoms with van der Waals surface area (Å²) in [5, 5.41) is 3.49. The van der Waals surface area contributed by atoms with E-state index in [0.717, 1.165) is 33.5 Å². The summed E-state index contributed by atoms with van der Waals surface area (Å²) in [4.78, 5) is 12.9. The highest BCUT2D eigenvalue weighted by molar-refractivity contribution is 7.99. The minimum Gasteiger partial charge on any atom is -0.228 e. The number of benzene rings is 5. The first-order valence-corrected chi connectivity index (χ1v) is 13.1. The van der Waals surface area contributed by atoms with Gasteiger partial charge in [0.25, 0.3) is 0 Å². The number of aromatic nitrogens is 2. The van der Waals surface area contributed by atoms with Crippen molar-refractivity contribution in [3.05, 3.63) is 120 Å². The molecule has 2 heterocycles. The fourth-order valence-corrected chi connectivity index (χ4v) is 6.80. The summed E-state index contributed by atoms with van der Waals surface area (Å²) in [5.41, 5.74) is 6.72. The lowest BCUT2D eigenvalue weighted by Crippen LogP contribution is -2.23. The molecule has 0 N–H and O–H groups in total. The first-order chi connectivity index (χ1) is 17.6. The molecular weight excluding hydrogens is 456 g/mol. The minimum atomic E-state index is -0.0947. The van der Waals surface area contributed by atoms with Crippen LogP contribution in [-0.4, -0.2) is 9.97 Å². The van der Waals surface area contributed by atoms with Crippen LogP contribution in [0.4, 0.5) is 0 Å². The van der Waals surface area contributed by atoms with Crippen LogP contribution in [0.15, 0.2) is 119 Å². The predicted molar refractivity (Wildman–Crippen MR) is 151 cm³/mol. The van der Waals surface area contributed by atoms with E-state index in [1.165, 1.54) is 31.7 Å². The van der Waals surface area contributed by atoms with Crippen LogP contribution in [0.2, 0.25) is 0 Å². The third kappa shape index (κ3) is 3.27. The Labute approximate surface area is 215 Å². The van der Waals surface area contributed by atoms with Crippen LogP contribution in [-0.2, 0) is 5.41 Å². The van der Waals surface area contributed by atoms with Crippen LogP contribution in [0.1, 0.15) is 25.0 Å². The van der Waals surface area contributed by atoms with Gasteiger partial charge in [0.05, 0.1) is 11.2 Å². The van der Waals surface area contributed by atoms with E-state index < -0.39 is 0 Å². The number of hydrogen-bond acceptors (Lipinski definition) is 3. The van der Waals surface area contributed by atoms with Gasteiger partial charge in [0.1, 0.15) is 0 Å². The third-order valence-electron chi connectivity index (χ3n) is 7.34. The molecule has 0 spiro atoms. The maximum absolute atomic E-state index is 5.21. The predicted octanol–water partition coefficient (Wildman–Crippen LogP) is 8.91. The minimum absolute atomic E-state index is 0.0947. The SMILES string of the molecule is CC1(C)c2ccccc2Sc2ccc(-c3nc(-c4cccc5ccccc45)c4ccccc4n3)cc21. The van der Waals surface area contributed by atoms with E-state index in [-0.39, 0.29) is 5.41 Å². The molecule has 0 fully saturated rings. The summed E-state index contributed by atoms with van der Waals surface area (Å²) in [6.45, 7) is 4.63. The van der Waals surface area contributed by atoms with Gasteiger partial charge in [-0.15, -0.1) is 0 Å². The zero-order valence-electron chi connectivity index (χ0n) is 20.2. The van der Waals surface area contributed by atoms with Gasteiger partial charge >= 0.3 is 0 Å². The molecule has 1 aliphatic heterocycles. The molecule has 0 atom stereocenters. The molecule has 0 saturated heterocycles. The summed E-state index contributed by atoms with van der Waals surface area (Å²) in [5.74, 6) is 0.763. The highest BCUT2D eigenvalue weighted by Gasteiger charge is 2.33. The van der Waals surface area contributed by atoms with Gasteiger partial charge in [-0.2, -0.15) is 0 Å². The molecule has 6 aromatic rings. The van der Waals surface area contributed by atoms with Gasteiger partial charge in [0, 0.05) is 31.7 Å². The smallest absolute Gasteiger partial charge is 0.160 e. The maximum Gasteiger partial charge on any atom is 0.160 e. The molecule has 0 aliphatic carbocycles. The molecule has 0 bridgehead atoms. The van der Waals surface area contributed by atoms with Crippen LogP contribution in [0, 0.1) is 0 Å². The Bertz CT molecular complexity index is 1800. The van der Waals surface area contributed by atoms with Crippen molar-refractivity contribution in [3.8, 4) is 22.6 Å². The van der Waals surface area contributed by atoms with E-state index in [4.69, 9.17) is 9.97 Å². The molecule has 2 nitrogen and oxygen atoms in total. The van der Waals surface area contributed by atoms with Crippen molar-refractivity contribution in [1.82, 2.24) is 9.97 Å². The molecule has 7 rings (SSSR count). The molecule has 5 aromatic carbocycles. The van der Waals surface area contributed by atoms with Crippen molar-refractivity contribution in [3.63, 3.8) is 0 Å². The van der Waals surface area contributed by atoms with Gasteiger partial charge in [0.2, 0.25) is 0 Å². The quantitative estimate of drug-likeness (QED) is 0.247. The molecule has 172 valence electrons. The number of nitrogens with zero attached hydrogens (tertiary/aromatic N) is 2. The highest BCUT2D eigenvalue weighted by Crippen LogP contribution is 2.49. The van der Waals surface area contributed by atoms with Crippen LogP contribution < -0.4 is 0 Å². The van der Waals surface area contributed by atoms with Crippen LogP contribution >= 0.6 is 11.8 Å². The van der Waals surface area contributed by atoms with Gasteiger partial charge in [-0.05, 0) is 46.2 Å². The van der Waals surface area contributed by atoms with Gasteiger partial charge in [-0.3, -0.25) is 0 Å². The second-order valence-electron chi connectivity index (χ2n) is 9.87. The molecule has 0 unspecified atom stereocenters. The molecule has 1 aromatic heterocycles. The Morgan fingerprint density at radius 3 is 2.25 bits per heavy atom. The van der Waals surface area contributed by atoms with E-state index >= 15 is 0 Å². The second kappa shape index (κ2) is 8.04. The number of rotatable bonds is 2. The highest BCUT2D eigenvalue weighted by atomic mass is 32.2. The van der Waals surface area contributed by atoms with Crippen molar-refractivity contribution < 1.29 is 0 Å². The van der Waals surface area contributed by atoms with E-state index in [2.05, 4.69) is 123 Å². The largest absolute Gasteiger partial charge is 0.228 e. The first kappa shape index (κ1) is 21.3. The summed E-state index contributed by atoms with van der Waals surface area (Å²) in [6.07, 6.45) is 0. The first-order valence-electron chi connectivity index (χ1n) is 12.3. The lowest BCUT2D eigenvalue weighted by Gasteiger charge is -2.34. The molecule has 1 aliphatic rings. The zero-order valence-corrected chi connectivity index (χ0v) is 21.0. The van der Waals surface area contributed by atoms with E-state index in [0.29, 0.717) is 0 Å². The Balaban J connectivity index is 1.45. The molecule has 0 saturated carbocycles. The second-order valence-corrected chi connectivity index (χ2v) is 11.0. The Hall–Kier alpha value is -3.95. The van der Waals surface area contributed by atoms with Gasteiger partial charge in [-0.25, -0.2) is 9.97 Å². The average Bonchev–Trinajstić information content (AvgIpc) is 2.92. The van der Waals surface area contributed by atoms with Crippen molar-refractivity contribution in [1.29, 1.82) is 0 Å². The van der Waals surface area contributed by atoms with Gasteiger partial charge in [0.15, 0.2) is 5.82 Å². The van der Waals surface area contributed by atoms with Crippen molar-refractivity contribution in [2.75, 3.05) is 0 Å². The molecule has 0 radical (unpaired) electrons. The maximum atomic E-state index is 5.21. The van der Waals surface area contributed by atoms with Crippen molar-refractivity contribution >= 4 is 33.4 Å². The number of para-hydroxylation sites is 1. The normalized spacial score (nSPS) is 13.9. The Kier molecular flexibility index (Phi) is 4.77. The zero-order chi connectivity index (χ0) is 24.3. The summed E-state index contributed by atoms with van der Waals surface area (Å²) >= 11 is 1.85. The Morgan fingerprint density at radius 1 is 0.611 bits per heavy atom. The van der Waals surface area contributed by atoms with E-state index in [1.807, 2.05) is 11.8 Å². The summed E-state index contributed by atoms with van der Waals surface area (Å²) < 4.78 is 0. The number of hydrogen-bond donors (Lipinski definition) is 0. The van der Waals surface area contributed by atoms with Crippen LogP contribution in [0.3, 0.4) is 0 Å². The fraction of sp³-hybridized carbons (Fsp3) is 0.0909. The molecule has 3 heteroatoms. The summed E-state index contributed by atoms with van der Waals surface area (Å²) in [6, 6.07) is 38.7. The van der Waals surface area contributed by atoms with E-state index in [9.17, 15) is 0 Å². The van der Waals surface area contributed by atoms with Gasteiger partial charge in [-0.1, -0.05) is 111 Å². The lowest BCUT2D eigenvalue weighted by atomic mass is 9.77. The fourth-order valence-electron chi connectivity index (χ4n) is 5.42. The molecule has 36 heavy (non-hydrogen) atoms. The average molecular weight is 481 g/mol. The lowest BCUT2D eigenvalue weighted by molar-refractivity contribution is 0.607. The third-order valence-corrected chi connectivity index (χ3v) is 8.49. The van der Waals surface area contributed by atoms with Crippen molar-refractivity contribution in [2.45, 2.75) is 29.1 Å². The van der Waals surface area contributed by atoms with Gasteiger partial charge < -0.3 is 0 Å². The molecular formula is C33H24N2S. The standard InChI is InChI=1S/C33H24N2S/c1-33(2)26-15-6-8-17-29(26)36-30-19-18-22(20-27(30)33)32-34-28-16-7-5-13-25(28)31(35-32)24-14-9-11-21-10-3-4-12-23(21)24/h3-20H,1-2H3. The van der Waals surface area contributed by atoms with Crippen molar-refractivity contribution in [2.24, 2.45) is 0 Å². The van der Waals surface area contributed by atoms with E-state index in [1.54, 1.807) is 0 Å². The monoisotopic (exact) mass is 480 g/mol. The topological polar surface area (TPSA) is 25.8 Å². The Morgan fingerprint density at radius 2 is 1.33 bits per heavy atom. The van der Waals surface area contributed by atoms with Crippen LogP contribution in [0.5, 0.6) is 0 Å². The summed E-state index contributed by atoms with van der Waals surface area (Å²) in [7, 11) is 0. The van der Waals surface area contributed by atoms with Crippen LogP contribution in [0.25, 0.3) is 44.3 Å². The number of fused-ring (bicyclic) bond motifs is 4.